The highest BCUT2D eigenvalue weighted by atomic mass is 35.5. The molecule has 0 bridgehead atoms. The van der Waals surface area contributed by atoms with Crippen molar-refractivity contribution in [3.63, 3.8) is 0 Å². The van der Waals surface area contributed by atoms with E-state index in [0.29, 0.717) is 13.0 Å². The van der Waals surface area contributed by atoms with Crippen LogP contribution < -0.4 is 5.32 Å². The Morgan fingerprint density at radius 1 is 1.58 bits per heavy atom. The molecule has 0 aliphatic carbocycles. The number of halogens is 3. The van der Waals surface area contributed by atoms with Gasteiger partial charge in [0.15, 0.2) is 0 Å². The summed E-state index contributed by atoms with van der Waals surface area (Å²) < 4.78 is 30.5. The second-order valence-corrected chi connectivity index (χ2v) is 2.88. The van der Waals surface area contributed by atoms with Crippen LogP contribution in [0.15, 0.2) is 0 Å². The molecular formula is C7H14ClF2NO. The lowest BCUT2D eigenvalue weighted by Crippen LogP contribution is -2.47. The van der Waals surface area contributed by atoms with Gasteiger partial charge in [0.1, 0.15) is 0 Å². The van der Waals surface area contributed by atoms with Crippen LogP contribution in [0.5, 0.6) is 0 Å². The number of hydrogen-bond acceptors (Lipinski definition) is 2. The maximum Gasteiger partial charge on any atom is 0.265 e. The van der Waals surface area contributed by atoms with Crippen molar-refractivity contribution in [2.45, 2.75) is 12.3 Å². The third kappa shape index (κ3) is 2.84. The van der Waals surface area contributed by atoms with Crippen molar-refractivity contribution in [1.29, 1.82) is 0 Å². The summed E-state index contributed by atoms with van der Waals surface area (Å²) in [5.41, 5.74) is 0. The molecule has 2 nitrogen and oxygen atoms in total. The van der Waals surface area contributed by atoms with Gasteiger partial charge in [-0.2, -0.15) is 0 Å². The van der Waals surface area contributed by atoms with Gasteiger partial charge in [0.05, 0.1) is 13.2 Å². The van der Waals surface area contributed by atoms with Crippen LogP contribution in [0.1, 0.15) is 6.42 Å². The predicted octanol–water partition coefficient (Wildman–Crippen LogP) is 1.30. The second-order valence-electron chi connectivity index (χ2n) is 2.88. The lowest BCUT2D eigenvalue weighted by atomic mass is 9.95. The molecule has 1 aliphatic rings. The van der Waals surface area contributed by atoms with Crippen LogP contribution in [-0.2, 0) is 4.74 Å². The molecule has 1 saturated heterocycles. The lowest BCUT2D eigenvalue weighted by Gasteiger charge is -2.31. The fourth-order valence-electron chi connectivity index (χ4n) is 1.29. The Bertz CT molecular complexity index is 133. The molecule has 0 aromatic heterocycles. The Morgan fingerprint density at radius 3 is 2.75 bits per heavy atom. The Balaban J connectivity index is 0.00000121. The monoisotopic (exact) mass is 201 g/mol. The van der Waals surface area contributed by atoms with Gasteiger partial charge in [0.25, 0.3) is 5.92 Å². The molecule has 12 heavy (non-hydrogen) atoms. The van der Waals surface area contributed by atoms with E-state index >= 15 is 0 Å². The zero-order chi connectivity index (χ0) is 8.32. The van der Waals surface area contributed by atoms with E-state index in [2.05, 4.69) is 5.32 Å². The van der Waals surface area contributed by atoms with Crippen molar-refractivity contribution in [2.24, 2.45) is 5.92 Å². The maximum atomic E-state index is 12.9. The van der Waals surface area contributed by atoms with E-state index in [0.717, 1.165) is 0 Å². The van der Waals surface area contributed by atoms with E-state index in [9.17, 15) is 8.78 Å². The molecule has 74 valence electrons. The fraction of sp³-hybridized carbons (Fsp3) is 1.00. The van der Waals surface area contributed by atoms with E-state index in [1.54, 1.807) is 0 Å². The Morgan fingerprint density at radius 2 is 2.25 bits per heavy atom. The minimum Gasteiger partial charge on any atom is -0.384 e. The van der Waals surface area contributed by atoms with Crippen molar-refractivity contribution >= 4 is 12.4 Å². The zero-order valence-corrected chi connectivity index (χ0v) is 7.79. The topological polar surface area (TPSA) is 21.3 Å². The molecule has 1 unspecified atom stereocenters. The minimum atomic E-state index is -2.59. The quantitative estimate of drug-likeness (QED) is 0.727. The number of nitrogens with one attached hydrogen (secondary N) is 1. The summed E-state index contributed by atoms with van der Waals surface area (Å²) in [6.07, 6.45) is 0.501. The number of rotatable bonds is 2. The second kappa shape index (κ2) is 4.94. The first kappa shape index (κ1) is 12.1. The highest BCUT2D eigenvalue weighted by molar-refractivity contribution is 5.85. The summed E-state index contributed by atoms with van der Waals surface area (Å²) in [4.78, 5) is 0. The van der Waals surface area contributed by atoms with Gasteiger partial charge >= 0.3 is 0 Å². The first-order chi connectivity index (χ1) is 5.17. The van der Waals surface area contributed by atoms with Crippen molar-refractivity contribution in [1.82, 2.24) is 5.32 Å². The Labute approximate surface area is 77.1 Å². The molecule has 0 radical (unpaired) electrons. The molecule has 0 saturated carbocycles. The molecule has 1 fully saturated rings. The highest BCUT2D eigenvalue weighted by Gasteiger charge is 2.41. The van der Waals surface area contributed by atoms with Crippen molar-refractivity contribution in [3.05, 3.63) is 0 Å². The first-order valence-corrected chi connectivity index (χ1v) is 3.74. The average molecular weight is 202 g/mol. The van der Waals surface area contributed by atoms with E-state index in [4.69, 9.17) is 4.74 Å². The summed E-state index contributed by atoms with van der Waals surface area (Å²) in [6, 6.07) is 0. The number of hydrogen-bond donors (Lipinski definition) is 1. The van der Waals surface area contributed by atoms with E-state index < -0.39 is 11.8 Å². The normalized spacial score (nSPS) is 27.8. The standard InChI is InChI=1S/C7H13F2NO.ClH/c1-11-4-6-2-3-10-5-7(6,8)9;/h6,10H,2-5H2,1H3;1H. The summed E-state index contributed by atoms with van der Waals surface area (Å²) in [5, 5.41) is 2.66. The Hall–Kier alpha value is 0.0700. The molecular weight excluding hydrogens is 188 g/mol. The van der Waals surface area contributed by atoms with Crippen molar-refractivity contribution < 1.29 is 13.5 Å². The molecule has 0 aromatic rings. The van der Waals surface area contributed by atoms with Gasteiger partial charge in [-0.05, 0) is 13.0 Å². The van der Waals surface area contributed by atoms with E-state index in [-0.39, 0.29) is 25.6 Å². The van der Waals surface area contributed by atoms with Gasteiger partial charge in [0.2, 0.25) is 0 Å². The SMILES string of the molecule is COCC1CCNCC1(F)F.Cl. The van der Waals surface area contributed by atoms with Gasteiger partial charge in [-0.3, -0.25) is 0 Å². The van der Waals surface area contributed by atoms with E-state index in [1.807, 2.05) is 0 Å². The summed E-state index contributed by atoms with van der Waals surface area (Å²) >= 11 is 0. The average Bonchev–Trinajstić information content (AvgIpc) is 1.94. The van der Waals surface area contributed by atoms with Crippen LogP contribution in [0.2, 0.25) is 0 Å². The summed E-state index contributed by atoms with van der Waals surface area (Å²) in [6.45, 7) is 0.624. The van der Waals surface area contributed by atoms with Gasteiger partial charge in [-0.15, -0.1) is 12.4 Å². The van der Waals surface area contributed by atoms with Crippen LogP contribution >= 0.6 is 12.4 Å². The molecule has 1 N–H and O–H groups in total. The number of ether oxygens (including phenoxy) is 1. The largest absolute Gasteiger partial charge is 0.384 e. The van der Waals surface area contributed by atoms with Gasteiger partial charge in [-0.1, -0.05) is 0 Å². The van der Waals surface area contributed by atoms with Gasteiger partial charge in [-0.25, -0.2) is 8.78 Å². The molecule has 1 aliphatic heterocycles. The molecule has 1 atom stereocenters. The molecule has 1 heterocycles. The molecule has 1 rings (SSSR count). The zero-order valence-electron chi connectivity index (χ0n) is 6.98. The smallest absolute Gasteiger partial charge is 0.265 e. The van der Waals surface area contributed by atoms with Gasteiger partial charge < -0.3 is 10.1 Å². The Kier molecular flexibility index (Phi) is 4.97. The predicted molar refractivity (Wildman–Crippen MR) is 45.0 cm³/mol. The fourth-order valence-corrected chi connectivity index (χ4v) is 1.29. The van der Waals surface area contributed by atoms with Crippen molar-refractivity contribution in [3.8, 4) is 0 Å². The van der Waals surface area contributed by atoms with Crippen LogP contribution in [-0.4, -0.2) is 32.7 Å². The van der Waals surface area contributed by atoms with Crippen LogP contribution in [0.25, 0.3) is 0 Å². The third-order valence-corrected chi connectivity index (χ3v) is 2.00. The first-order valence-electron chi connectivity index (χ1n) is 3.74. The summed E-state index contributed by atoms with van der Waals surface area (Å²) in [5.74, 6) is -3.19. The minimum absolute atomic E-state index is 0. The molecule has 0 spiro atoms. The highest BCUT2D eigenvalue weighted by Crippen LogP contribution is 2.29. The number of methoxy groups -OCH3 is 1. The number of piperidine rings is 1. The lowest BCUT2D eigenvalue weighted by molar-refractivity contribution is -0.0950. The third-order valence-electron chi connectivity index (χ3n) is 2.00. The van der Waals surface area contributed by atoms with Crippen molar-refractivity contribution in [2.75, 3.05) is 26.8 Å². The molecule has 0 aromatic carbocycles. The molecule has 0 amide bonds. The van der Waals surface area contributed by atoms with Crippen LogP contribution in [0.3, 0.4) is 0 Å². The van der Waals surface area contributed by atoms with E-state index in [1.165, 1.54) is 7.11 Å². The maximum absolute atomic E-state index is 12.9. The van der Waals surface area contributed by atoms with Gasteiger partial charge in [0, 0.05) is 13.0 Å². The van der Waals surface area contributed by atoms with Crippen LogP contribution in [0.4, 0.5) is 8.78 Å². The summed E-state index contributed by atoms with van der Waals surface area (Å²) in [7, 11) is 1.46. The van der Waals surface area contributed by atoms with Crippen LogP contribution in [0, 0.1) is 5.92 Å². The molecule has 5 heteroatoms. The number of alkyl halides is 2.